The van der Waals surface area contributed by atoms with Crippen LogP contribution in [0.4, 0.5) is 0 Å². The molecule has 2 aromatic rings. The number of hydrogen-bond donors (Lipinski definition) is 0. The summed E-state index contributed by atoms with van der Waals surface area (Å²) >= 11 is 0. The zero-order valence-electron chi connectivity index (χ0n) is 24.1. The maximum Gasteiger partial charge on any atom is 0.348 e. The highest BCUT2D eigenvalue weighted by atomic mass is 16.5. The lowest BCUT2D eigenvalue weighted by Gasteiger charge is -2.09. The molecule has 0 aliphatic carbocycles. The van der Waals surface area contributed by atoms with Crippen LogP contribution < -0.4 is 0 Å². The number of aromatic nitrogens is 1. The van der Waals surface area contributed by atoms with Gasteiger partial charge in [-0.05, 0) is 74.1 Å². The summed E-state index contributed by atoms with van der Waals surface area (Å²) < 4.78 is 11.9. The Morgan fingerprint density at radius 3 is 2.12 bits per heavy atom. The quantitative estimate of drug-likeness (QED) is 0.126. The van der Waals surface area contributed by atoms with Gasteiger partial charge in [-0.1, -0.05) is 63.3 Å². The van der Waals surface area contributed by atoms with Crippen molar-refractivity contribution in [1.82, 2.24) is 4.57 Å². The monoisotopic (exact) mass is 541 g/mol. The Morgan fingerprint density at radius 2 is 1.55 bits per heavy atom. The van der Waals surface area contributed by atoms with Gasteiger partial charge >= 0.3 is 11.9 Å². The smallest absolute Gasteiger partial charge is 0.348 e. The fourth-order valence-corrected chi connectivity index (χ4v) is 3.34. The molecule has 210 valence electrons. The van der Waals surface area contributed by atoms with Crippen molar-refractivity contribution >= 4 is 18.0 Å². The summed E-state index contributed by atoms with van der Waals surface area (Å²) in [7, 11) is 0. The zero-order valence-corrected chi connectivity index (χ0v) is 24.1. The number of esters is 2. The summed E-state index contributed by atoms with van der Waals surface area (Å²) in [5, 5.41) is 18.0. The second kappa shape index (κ2) is 19.4. The van der Waals surface area contributed by atoms with Gasteiger partial charge in [-0.15, -0.1) is 0 Å². The van der Waals surface area contributed by atoms with Crippen molar-refractivity contribution in [2.24, 2.45) is 0 Å². The predicted molar refractivity (Wildman–Crippen MR) is 158 cm³/mol. The minimum absolute atomic E-state index is 0.0192. The molecule has 7 heteroatoms. The molecule has 0 spiro atoms. The Bertz CT molecular complexity index is 1310. The average molecular weight is 542 g/mol. The molecule has 0 bridgehead atoms. The minimum atomic E-state index is -0.569. The van der Waals surface area contributed by atoms with Gasteiger partial charge in [0.1, 0.15) is 23.3 Å². The second-order valence-electron chi connectivity index (χ2n) is 8.78. The average Bonchev–Trinajstić information content (AvgIpc) is 3.41. The minimum Gasteiger partial charge on any atom is -0.462 e. The van der Waals surface area contributed by atoms with Crippen molar-refractivity contribution in [3.8, 4) is 12.1 Å². The van der Waals surface area contributed by atoms with Gasteiger partial charge in [0.05, 0.1) is 13.2 Å². The van der Waals surface area contributed by atoms with Crippen LogP contribution in [0.1, 0.15) is 64.3 Å². The highest BCUT2D eigenvalue weighted by Gasteiger charge is 2.12. The first-order valence-corrected chi connectivity index (χ1v) is 13.4. The third kappa shape index (κ3) is 12.3. The van der Waals surface area contributed by atoms with Crippen LogP contribution in [0.5, 0.6) is 0 Å². The molecule has 0 unspecified atom stereocenters. The van der Waals surface area contributed by atoms with E-state index in [9.17, 15) is 14.9 Å². The van der Waals surface area contributed by atoms with Gasteiger partial charge in [-0.25, -0.2) is 9.59 Å². The van der Waals surface area contributed by atoms with Gasteiger partial charge in [0, 0.05) is 18.4 Å². The molecular formula is C33H39N3O4. The zero-order chi connectivity index (χ0) is 29.8. The van der Waals surface area contributed by atoms with E-state index in [0.717, 1.165) is 30.5 Å². The molecule has 0 radical (unpaired) electrons. The van der Waals surface area contributed by atoms with Gasteiger partial charge in [-0.3, -0.25) is 0 Å². The van der Waals surface area contributed by atoms with E-state index >= 15 is 0 Å². The molecule has 40 heavy (non-hydrogen) atoms. The van der Waals surface area contributed by atoms with E-state index in [2.05, 4.69) is 31.2 Å². The largest absolute Gasteiger partial charge is 0.462 e. The normalized spacial score (nSPS) is 11.7. The fourth-order valence-electron chi connectivity index (χ4n) is 3.34. The van der Waals surface area contributed by atoms with Gasteiger partial charge in [0.15, 0.2) is 0 Å². The number of aryl methyl sites for hydroxylation is 1. The van der Waals surface area contributed by atoms with Crippen LogP contribution in [0.2, 0.25) is 0 Å². The van der Waals surface area contributed by atoms with Crippen LogP contribution in [0.3, 0.4) is 0 Å². The number of carbonyl (C=O) groups excluding carboxylic acids is 2. The highest BCUT2D eigenvalue weighted by molar-refractivity contribution is 5.97. The maximum absolute atomic E-state index is 11.9. The summed E-state index contributed by atoms with van der Waals surface area (Å²) in [6, 6.07) is 16.0. The van der Waals surface area contributed by atoms with E-state index in [1.54, 1.807) is 6.08 Å². The summed E-state index contributed by atoms with van der Waals surface area (Å²) in [5.74, 6) is -1.13. The van der Waals surface area contributed by atoms with Gasteiger partial charge in [-0.2, -0.15) is 10.5 Å². The number of carbonyl (C=O) groups is 2. The molecule has 1 heterocycles. The van der Waals surface area contributed by atoms with Crippen molar-refractivity contribution in [3.05, 3.63) is 100 Å². The standard InChI is InChI=1S/C20H22N2O2.C13H17NO2/c1-3-11-24-20(23)18(14-21)13-19-9-6-10-22(19)15-17-8-5-7-16(4-2)12-17;1-4-6-7-11(3)9-12(10-14)13(15)16-8-5-2/h5-10,12-13H,3-4,11,15H2,1-2H3;4,6-7,9H,5,8H2,1-3H3/b18-13+;6-4-,11-7+,12-9+. The van der Waals surface area contributed by atoms with E-state index < -0.39 is 11.9 Å². The third-order valence-electron chi connectivity index (χ3n) is 5.39. The first kappa shape index (κ1) is 33.4. The van der Waals surface area contributed by atoms with E-state index in [4.69, 9.17) is 14.7 Å². The molecule has 0 atom stereocenters. The van der Waals surface area contributed by atoms with Crippen molar-refractivity contribution < 1.29 is 19.1 Å². The van der Waals surface area contributed by atoms with Crippen LogP contribution in [0.15, 0.2) is 83.6 Å². The van der Waals surface area contributed by atoms with Gasteiger partial charge in [0.25, 0.3) is 0 Å². The molecule has 0 aliphatic rings. The Morgan fingerprint density at radius 1 is 0.925 bits per heavy atom. The Hall–Kier alpha value is -4.62. The molecule has 1 aromatic heterocycles. The molecule has 7 nitrogen and oxygen atoms in total. The molecule has 2 rings (SSSR count). The number of allylic oxidation sites excluding steroid dienone is 5. The molecule has 0 N–H and O–H groups in total. The molecular weight excluding hydrogens is 502 g/mol. The van der Waals surface area contributed by atoms with Crippen molar-refractivity contribution in [2.75, 3.05) is 13.2 Å². The third-order valence-corrected chi connectivity index (χ3v) is 5.39. The van der Waals surface area contributed by atoms with Gasteiger partial charge < -0.3 is 14.0 Å². The SMILES string of the molecule is CCCOC(=O)/C(C#N)=C/c1cccn1Cc1cccc(CC)c1.C\C=C/C=C(C)/C=C(\C#N)C(=O)OCCC. The maximum atomic E-state index is 11.9. The second-order valence-corrected chi connectivity index (χ2v) is 8.78. The van der Waals surface area contributed by atoms with Crippen LogP contribution >= 0.6 is 0 Å². The Balaban J connectivity index is 0.000000437. The molecule has 0 fully saturated rings. The number of nitrogens with zero attached hydrogens (tertiary/aromatic N) is 3. The van der Waals surface area contributed by atoms with Crippen LogP contribution in [0, 0.1) is 22.7 Å². The Kier molecular flexibility index (Phi) is 16.2. The van der Waals surface area contributed by atoms with Crippen LogP contribution in [-0.2, 0) is 32.0 Å². The number of ether oxygens (including phenoxy) is 2. The fraction of sp³-hybridized carbons (Fsp3) is 0.333. The summed E-state index contributed by atoms with van der Waals surface area (Å²) in [6.07, 6.45) is 13.1. The van der Waals surface area contributed by atoms with Crippen molar-refractivity contribution in [2.45, 2.75) is 60.4 Å². The molecule has 0 aliphatic heterocycles. The molecule has 0 saturated carbocycles. The first-order chi connectivity index (χ1) is 19.3. The number of hydrogen-bond acceptors (Lipinski definition) is 6. The van der Waals surface area contributed by atoms with Crippen molar-refractivity contribution in [1.29, 1.82) is 10.5 Å². The summed E-state index contributed by atoms with van der Waals surface area (Å²) in [6.45, 7) is 11.0. The number of rotatable bonds is 12. The first-order valence-electron chi connectivity index (χ1n) is 13.4. The topological polar surface area (TPSA) is 105 Å². The summed E-state index contributed by atoms with van der Waals surface area (Å²) in [5.41, 5.74) is 4.17. The van der Waals surface area contributed by atoms with E-state index in [1.165, 1.54) is 17.2 Å². The van der Waals surface area contributed by atoms with E-state index in [1.807, 2.05) is 81.0 Å². The summed E-state index contributed by atoms with van der Waals surface area (Å²) in [4.78, 5) is 23.3. The number of nitriles is 2. The predicted octanol–water partition coefficient (Wildman–Crippen LogP) is 6.87. The van der Waals surface area contributed by atoms with Crippen LogP contribution in [-0.4, -0.2) is 29.7 Å². The highest BCUT2D eigenvalue weighted by Crippen LogP contribution is 2.14. The lowest BCUT2D eigenvalue weighted by molar-refractivity contribution is -0.139. The van der Waals surface area contributed by atoms with Crippen molar-refractivity contribution in [3.63, 3.8) is 0 Å². The molecule has 1 aromatic carbocycles. The van der Waals surface area contributed by atoms with E-state index in [0.29, 0.717) is 19.8 Å². The lowest BCUT2D eigenvalue weighted by atomic mass is 10.1. The number of benzene rings is 1. The van der Waals surface area contributed by atoms with E-state index in [-0.39, 0.29) is 11.1 Å². The Labute approximate surface area is 238 Å². The molecule has 0 saturated heterocycles. The lowest BCUT2D eigenvalue weighted by Crippen LogP contribution is -2.08. The molecule has 0 amide bonds. The van der Waals surface area contributed by atoms with Crippen LogP contribution in [0.25, 0.3) is 6.08 Å². The van der Waals surface area contributed by atoms with Gasteiger partial charge in [0.2, 0.25) is 0 Å².